The molecule has 3 N–H and O–H groups in total. The number of hydrogen-bond acceptors (Lipinski definition) is 3. The van der Waals surface area contributed by atoms with Crippen molar-refractivity contribution in [3.63, 3.8) is 0 Å². The first kappa shape index (κ1) is 9.18. The van der Waals surface area contributed by atoms with Crippen LogP contribution in [0.5, 0.6) is 0 Å². The van der Waals surface area contributed by atoms with Crippen LogP contribution >= 0.6 is 0 Å². The van der Waals surface area contributed by atoms with Crippen molar-refractivity contribution in [2.24, 2.45) is 5.73 Å². The van der Waals surface area contributed by atoms with E-state index in [1.165, 1.54) is 0 Å². The van der Waals surface area contributed by atoms with Gasteiger partial charge >= 0.3 is 0 Å². The van der Waals surface area contributed by atoms with Crippen molar-refractivity contribution < 1.29 is 4.74 Å². The summed E-state index contributed by atoms with van der Waals surface area (Å²) < 4.78 is 5.00. The minimum atomic E-state index is 0.507. The van der Waals surface area contributed by atoms with E-state index in [2.05, 4.69) is 9.97 Å². The molecule has 0 amide bonds. The van der Waals surface area contributed by atoms with E-state index in [1.807, 2.05) is 18.2 Å². The summed E-state index contributed by atoms with van der Waals surface area (Å²) in [4.78, 5) is 7.54. The number of hydrogen-bond donors (Lipinski definition) is 2. The number of rotatable bonds is 3. The Bertz CT molecular complexity index is 436. The molecule has 0 spiro atoms. The van der Waals surface area contributed by atoms with Gasteiger partial charge in [0.2, 0.25) is 0 Å². The lowest BCUT2D eigenvalue weighted by Gasteiger charge is -1.94. The Kier molecular flexibility index (Phi) is 2.47. The highest BCUT2D eigenvalue weighted by Gasteiger charge is 2.02. The molecule has 74 valence electrons. The van der Waals surface area contributed by atoms with Gasteiger partial charge in [0, 0.05) is 13.7 Å². The maximum atomic E-state index is 5.55. The molecule has 0 aliphatic rings. The monoisotopic (exact) mass is 191 g/mol. The average molecular weight is 191 g/mol. The molecule has 0 unspecified atom stereocenters. The standard InChI is InChI=1S/C10H13N3O/c1-14-6-10-12-8-3-2-7(5-11)4-9(8)13-10/h2-4H,5-6,11H2,1H3,(H,12,13). The van der Waals surface area contributed by atoms with Crippen LogP contribution in [-0.2, 0) is 17.9 Å². The van der Waals surface area contributed by atoms with Crippen molar-refractivity contribution >= 4 is 11.0 Å². The average Bonchev–Trinajstić information content (AvgIpc) is 2.59. The topological polar surface area (TPSA) is 63.9 Å². The van der Waals surface area contributed by atoms with E-state index in [1.54, 1.807) is 7.11 Å². The van der Waals surface area contributed by atoms with Crippen molar-refractivity contribution in [2.45, 2.75) is 13.2 Å². The second kappa shape index (κ2) is 3.77. The molecule has 0 saturated heterocycles. The molecular formula is C10H13N3O. The molecule has 14 heavy (non-hydrogen) atoms. The first-order chi connectivity index (χ1) is 6.83. The van der Waals surface area contributed by atoms with E-state index >= 15 is 0 Å². The van der Waals surface area contributed by atoms with Gasteiger partial charge in [0.25, 0.3) is 0 Å². The number of benzene rings is 1. The Balaban J connectivity index is 2.43. The van der Waals surface area contributed by atoms with Gasteiger partial charge in [0.15, 0.2) is 0 Å². The predicted octanol–water partition coefficient (Wildman–Crippen LogP) is 1.17. The van der Waals surface area contributed by atoms with E-state index in [4.69, 9.17) is 10.5 Å². The molecule has 1 aromatic heterocycles. The van der Waals surface area contributed by atoms with Crippen LogP contribution in [0.2, 0.25) is 0 Å². The van der Waals surface area contributed by atoms with Crippen molar-refractivity contribution in [3.05, 3.63) is 29.6 Å². The Labute approximate surface area is 82.1 Å². The van der Waals surface area contributed by atoms with Gasteiger partial charge in [-0.05, 0) is 17.7 Å². The number of aromatic nitrogens is 2. The van der Waals surface area contributed by atoms with E-state index in [0.29, 0.717) is 13.2 Å². The molecule has 0 atom stereocenters. The summed E-state index contributed by atoms with van der Waals surface area (Å²) in [5, 5.41) is 0. The van der Waals surface area contributed by atoms with Crippen LogP contribution in [0.15, 0.2) is 18.2 Å². The van der Waals surface area contributed by atoms with Gasteiger partial charge in [-0.2, -0.15) is 0 Å². The van der Waals surface area contributed by atoms with Gasteiger partial charge in [0.1, 0.15) is 12.4 Å². The highest BCUT2D eigenvalue weighted by Crippen LogP contribution is 2.13. The third kappa shape index (κ3) is 1.62. The highest BCUT2D eigenvalue weighted by atomic mass is 16.5. The van der Waals surface area contributed by atoms with Gasteiger partial charge in [-0.15, -0.1) is 0 Å². The molecule has 4 heteroatoms. The van der Waals surface area contributed by atoms with Crippen LogP contribution in [-0.4, -0.2) is 17.1 Å². The second-order valence-electron chi connectivity index (χ2n) is 3.17. The lowest BCUT2D eigenvalue weighted by molar-refractivity contribution is 0.179. The van der Waals surface area contributed by atoms with E-state index in [9.17, 15) is 0 Å². The largest absolute Gasteiger partial charge is 0.377 e. The normalized spacial score (nSPS) is 11.0. The number of methoxy groups -OCH3 is 1. The molecular weight excluding hydrogens is 178 g/mol. The number of ether oxygens (including phenoxy) is 1. The molecule has 1 heterocycles. The lowest BCUT2D eigenvalue weighted by atomic mass is 10.2. The number of nitrogens with one attached hydrogen (secondary N) is 1. The molecule has 2 aromatic rings. The summed E-state index contributed by atoms with van der Waals surface area (Å²) in [7, 11) is 1.65. The summed E-state index contributed by atoms with van der Waals surface area (Å²) in [6, 6.07) is 5.97. The fourth-order valence-corrected chi connectivity index (χ4v) is 1.44. The molecule has 1 aromatic carbocycles. The third-order valence-corrected chi connectivity index (χ3v) is 2.11. The van der Waals surface area contributed by atoms with Crippen LogP contribution in [0.1, 0.15) is 11.4 Å². The molecule has 0 radical (unpaired) electrons. The van der Waals surface area contributed by atoms with E-state index in [0.717, 1.165) is 22.4 Å². The molecule has 2 rings (SSSR count). The maximum Gasteiger partial charge on any atom is 0.133 e. The van der Waals surface area contributed by atoms with Gasteiger partial charge in [-0.3, -0.25) is 0 Å². The number of nitrogens with zero attached hydrogens (tertiary/aromatic N) is 1. The second-order valence-corrected chi connectivity index (χ2v) is 3.17. The quantitative estimate of drug-likeness (QED) is 0.765. The van der Waals surface area contributed by atoms with E-state index in [-0.39, 0.29) is 0 Å². The van der Waals surface area contributed by atoms with Crippen molar-refractivity contribution in [3.8, 4) is 0 Å². The van der Waals surface area contributed by atoms with Gasteiger partial charge in [0.05, 0.1) is 11.0 Å². The van der Waals surface area contributed by atoms with E-state index < -0.39 is 0 Å². The summed E-state index contributed by atoms with van der Waals surface area (Å²) in [6.45, 7) is 1.06. The SMILES string of the molecule is COCc1nc2ccc(CN)cc2[nH]1. The summed E-state index contributed by atoms with van der Waals surface area (Å²) in [6.07, 6.45) is 0. The summed E-state index contributed by atoms with van der Waals surface area (Å²) in [5.74, 6) is 0.844. The fraction of sp³-hybridized carbons (Fsp3) is 0.300. The Hall–Kier alpha value is -1.39. The molecule has 0 bridgehead atoms. The summed E-state index contributed by atoms with van der Waals surface area (Å²) >= 11 is 0. The maximum absolute atomic E-state index is 5.55. The minimum Gasteiger partial charge on any atom is -0.377 e. The third-order valence-electron chi connectivity index (χ3n) is 2.11. The first-order valence-corrected chi connectivity index (χ1v) is 4.50. The Morgan fingerprint density at radius 1 is 1.50 bits per heavy atom. The smallest absolute Gasteiger partial charge is 0.133 e. The number of aromatic amines is 1. The number of H-pyrrole nitrogens is 1. The van der Waals surface area contributed by atoms with Crippen LogP contribution < -0.4 is 5.73 Å². The minimum absolute atomic E-state index is 0.507. The lowest BCUT2D eigenvalue weighted by Crippen LogP contribution is -1.95. The highest BCUT2D eigenvalue weighted by molar-refractivity contribution is 5.75. The van der Waals surface area contributed by atoms with Crippen LogP contribution in [0.25, 0.3) is 11.0 Å². The zero-order valence-corrected chi connectivity index (χ0v) is 8.08. The fourth-order valence-electron chi connectivity index (χ4n) is 1.44. The van der Waals surface area contributed by atoms with Gasteiger partial charge in [-0.1, -0.05) is 6.07 Å². The van der Waals surface area contributed by atoms with Gasteiger partial charge < -0.3 is 15.5 Å². The predicted molar refractivity (Wildman–Crippen MR) is 54.7 cm³/mol. The summed E-state index contributed by atoms with van der Waals surface area (Å²) in [5.41, 5.74) is 8.62. The van der Waals surface area contributed by atoms with Gasteiger partial charge in [-0.25, -0.2) is 4.98 Å². The molecule has 4 nitrogen and oxygen atoms in total. The Morgan fingerprint density at radius 3 is 3.07 bits per heavy atom. The molecule has 0 saturated carbocycles. The first-order valence-electron chi connectivity index (χ1n) is 4.50. The zero-order valence-electron chi connectivity index (χ0n) is 8.08. The number of imidazole rings is 1. The van der Waals surface area contributed by atoms with Crippen LogP contribution in [0.4, 0.5) is 0 Å². The van der Waals surface area contributed by atoms with Crippen molar-refractivity contribution in [1.82, 2.24) is 9.97 Å². The zero-order chi connectivity index (χ0) is 9.97. The Morgan fingerprint density at radius 2 is 2.36 bits per heavy atom. The molecule has 0 aliphatic heterocycles. The molecule has 0 fully saturated rings. The number of fused-ring (bicyclic) bond motifs is 1. The van der Waals surface area contributed by atoms with Crippen LogP contribution in [0, 0.1) is 0 Å². The molecule has 0 aliphatic carbocycles. The number of nitrogens with two attached hydrogens (primary N) is 1. The van der Waals surface area contributed by atoms with Crippen molar-refractivity contribution in [1.29, 1.82) is 0 Å². The van der Waals surface area contributed by atoms with Crippen molar-refractivity contribution in [2.75, 3.05) is 7.11 Å². The van der Waals surface area contributed by atoms with Crippen LogP contribution in [0.3, 0.4) is 0 Å².